The Morgan fingerprint density at radius 1 is 1.29 bits per heavy atom. The van der Waals surface area contributed by atoms with E-state index < -0.39 is 0 Å². The van der Waals surface area contributed by atoms with Gasteiger partial charge in [-0.2, -0.15) is 0 Å². The highest BCUT2D eigenvalue weighted by atomic mass is 127. The van der Waals surface area contributed by atoms with E-state index in [0.29, 0.717) is 24.1 Å². The molecule has 4 atom stereocenters. The molecule has 7 heteroatoms. The van der Waals surface area contributed by atoms with E-state index >= 15 is 0 Å². The average Bonchev–Trinajstić information content (AvgIpc) is 3.28. The Bertz CT molecular complexity index is 713. The summed E-state index contributed by atoms with van der Waals surface area (Å²) >= 11 is 3.68. The summed E-state index contributed by atoms with van der Waals surface area (Å²) in [5, 5.41) is 7.43. The Labute approximate surface area is 194 Å². The highest BCUT2D eigenvalue weighted by Crippen LogP contribution is 2.52. The molecule has 2 aliphatic heterocycles. The maximum absolute atomic E-state index is 5.94. The Kier molecular flexibility index (Phi) is 7.18. The minimum absolute atomic E-state index is 0. The van der Waals surface area contributed by atoms with Gasteiger partial charge in [0.05, 0.1) is 11.8 Å². The number of rotatable bonds is 4. The van der Waals surface area contributed by atoms with Crippen LogP contribution in [0.5, 0.6) is 0 Å². The molecule has 1 aliphatic carbocycles. The zero-order chi connectivity index (χ0) is 19.0. The molecule has 3 aliphatic rings. The van der Waals surface area contributed by atoms with Crippen LogP contribution in [-0.4, -0.2) is 50.4 Å². The fourth-order valence-corrected chi connectivity index (χ4v) is 5.59. The Hall–Kier alpha value is -0.540. The van der Waals surface area contributed by atoms with E-state index in [4.69, 9.17) is 9.73 Å². The summed E-state index contributed by atoms with van der Waals surface area (Å²) in [6, 6.07) is 9.31. The summed E-state index contributed by atoms with van der Waals surface area (Å²) in [5.41, 5.74) is 1.43. The molecule has 0 radical (unpaired) electrons. The third-order valence-electron chi connectivity index (χ3n) is 6.43. The summed E-state index contributed by atoms with van der Waals surface area (Å²) in [6.07, 6.45) is 2.68. The molecule has 2 saturated heterocycles. The van der Waals surface area contributed by atoms with Crippen molar-refractivity contribution in [3.05, 3.63) is 28.7 Å². The van der Waals surface area contributed by atoms with Gasteiger partial charge in [-0.15, -0.1) is 24.0 Å². The van der Waals surface area contributed by atoms with Gasteiger partial charge in [0.25, 0.3) is 0 Å². The van der Waals surface area contributed by atoms with Crippen LogP contribution in [0.1, 0.15) is 33.6 Å². The quantitative estimate of drug-likeness (QED) is 0.331. The third kappa shape index (κ3) is 4.17. The summed E-state index contributed by atoms with van der Waals surface area (Å²) < 4.78 is 7.10. The van der Waals surface area contributed by atoms with Crippen molar-refractivity contribution in [2.24, 2.45) is 16.3 Å². The minimum Gasteiger partial charge on any atom is -0.377 e. The number of ether oxygens (including phenoxy) is 1. The monoisotopic (exact) mass is 562 g/mol. The molecule has 0 bridgehead atoms. The van der Waals surface area contributed by atoms with Crippen LogP contribution in [0.2, 0.25) is 0 Å². The fourth-order valence-electron chi connectivity index (χ4n) is 5.05. The lowest BCUT2D eigenvalue weighted by molar-refractivity contribution is -0.106. The highest BCUT2D eigenvalue weighted by Gasteiger charge is 2.59. The van der Waals surface area contributed by atoms with Crippen molar-refractivity contribution in [3.63, 3.8) is 0 Å². The first-order chi connectivity index (χ1) is 13.0. The molecule has 2 heterocycles. The second-order valence-corrected chi connectivity index (χ2v) is 9.39. The molecule has 3 fully saturated rings. The van der Waals surface area contributed by atoms with Crippen molar-refractivity contribution in [3.8, 4) is 0 Å². The van der Waals surface area contributed by atoms with Crippen LogP contribution in [0, 0.1) is 11.3 Å². The van der Waals surface area contributed by atoms with E-state index in [9.17, 15) is 0 Å². The van der Waals surface area contributed by atoms with Crippen molar-refractivity contribution in [1.29, 1.82) is 0 Å². The summed E-state index contributed by atoms with van der Waals surface area (Å²) in [5.74, 6) is 1.57. The van der Waals surface area contributed by atoms with Crippen LogP contribution < -0.4 is 15.5 Å². The van der Waals surface area contributed by atoms with Gasteiger partial charge in [-0.25, -0.2) is 0 Å². The van der Waals surface area contributed by atoms with Crippen molar-refractivity contribution in [2.45, 2.75) is 51.8 Å². The lowest BCUT2D eigenvalue weighted by Crippen LogP contribution is -2.68. The number of para-hydroxylation sites is 1. The SMILES string of the molecule is CCN=C(NC1CCN(c2ccccc2Br)C1)NC1C2CCOC2C1(C)C.I. The van der Waals surface area contributed by atoms with E-state index in [0.717, 1.165) is 49.5 Å². The molecule has 0 aromatic heterocycles. The number of nitrogens with one attached hydrogen (secondary N) is 2. The topological polar surface area (TPSA) is 48.9 Å². The van der Waals surface area contributed by atoms with Gasteiger partial charge in [-0.3, -0.25) is 4.99 Å². The Morgan fingerprint density at radius 3 is 2.82 bits per heavy atom. The largest absolute Gasteiger partial charge is 0.377 e. The molecule has 28 heavy (non-hydrogen) atoms. The second kappa shape index (κ2) is 9.08. The number of hydrogen-bond donors (Lipinski definition) is 2. The van der Waals surface area contributed by atoms with E-state index in [1.807, 2.05) is 0 Å². The minimum atomic E-state index is 0. The lowest BCUT2D eigenvalue weighted by Gasteiger charge is -2.55. The number of anilines is 1. The highest BCUT2D eigenvalue weighted by molar-refractivity contribution is 14.0. The molecule has 0 spiro atoms. The van der Waals surface area contributed by atoms with E-state index in [1.54, 1.807) is 0 Å². The molecule has 1 aromatic carbocycles. The zero-order valence-corrected chi connectivity index (χ0v) is 20.9. The summed E-state index contributed by atoms with van der Waals surface area (Å²) in [6.45, 7) is 10.5. The predicted octanol–water partition coefficient (Wildman–Crippen LogP) is 4.01. The van der Waals surface area contributed by atoms with Crippen LogP contribution in [0.3, 0.4) is 0 Å². The molecule has 5 nitrogen and oxygen atoms in total. The van der Waals surface area contributed by atoms with Gasteiger partial charge in [-0.1, -0.05) is 26.0 Å². The van der Waals surface area contributed by atoms with Gasteiger partial charge in [0.2, 0.25) is 0 Å². The molecule has 0 amide bonds. The van der Waals surface area contributed by atoms with Crippen LogP contribution in [0.4, 0.5) is 5.69 Å². The number of fused-ring (bicyclic) bond motifs is 1. The Balaban J connectivity index is 0.00000225. The average molecular weight is 563 g/mol. The number of hydrogen-bond acceptors (Lipinski definition) is 3. The van der Waals surface area contributed by atoms with Gasteiger partial charge in [0.1, 0.15) is 0 Å². The van der Waals surface area contributed by atoms with Crippen LogP contribution in [0.15, 0.2) is 33.7 Å². The van der Waals surface area contributed by atoms with Crippen molar-refractivity contribution >= 4 is 51.6 Å². The second-order valence-electron chi connectivity index (χ2n) is 8.54. The molecule has 2 N–H and O–H groups in total. The fraction of sp³-hybridized carbons (Fsp3) is 0.667. The first-order valence-corrected chi connectivity index (χ1v) is 11.0. The smallest absolute Gasteiger partial charge is 0.191 e. The van der Waals surface area contributed by atoms with Crippen LogP contribution in [-0.2, 0) is 4.74 Å². The third-order valence-corrected chi connectivity index (χ3v) is 7.10. The van der Waals surface area contributed by atoms with E-state index in [-0.39, 0.29) is 29.4 Å². The maximum Gasteiger partial charge on any atom is 0.191 e. The first kappa shape index (κ1) is 22.2. The standard InChI is InChI=1S/C21H31BrN4O.HI/c1-4-23-20(25-18-15-10-12-27-19(15)21(18,2)3)24-14-9-11-26(13-14)17-8-6-5-7-16(17)22;/h5-8,14-15,18-19H,4,9-13H2,1-3H3,(H2,23,24,25);1H. The van der Waals surface area contributed by atoms with Gasteiger partial charge >= 0.3 is 0 Å². The zero-order valence-electron chi connectivity index (χ0n) is 17.0. The number of guanidine groups is 1. The van der Waals surface area contributed by atoms with Gasteiger partial charge in [0, 0.05) is 54.1 Å². The number of benzene rings is 1. The molecule has 1 aromatic rings. The molecule has 1 saturated carbocycles. The van der Waals surface area contributed by atoms with Crippen LogP contribution >= 0.6 is 39.9 Å². The van der Waals surface area contributed by atoms with Gasteiger partial charge < -0.3 is 20.3 Å². The van der Waals surface area contributed by atoms with Gasteiger partial charge in [0.15, 0.2) is 5.96 Å². The van der Waals surface area contributed by atoms with E-state index in [2.05, 4.69) is 76.5 Å². The maximum atomic E-state index is 5.94. The summed E-state index contributed by atoms with van der Waals surface area (Å²) in [7, 11) is 0. The Morgan fingerprint density at radius 2 is 2.07 bits per heavy atom. The van der Waals surface area contributed by atoms with Gasteiger partial charge in [-0.05, 0) is 47.8 Å². The number of aliphatic imine (C=N–C) groups is 1. The molecule has 4 rings (SSSR count). The summed E-state index contributed by atoms with van der Waals surface area (Å²) in [4.78, 5) is 7.17. The molecule has 4 unspecified atom stereocenters. The predicted molar refractivity (Wildman–Crippen MR) is 130 cm³/mol. The molecular formula is C21H32BrIN4O. The van der Waals surface area contributed by atoms with Crippen molar-refractivity contribution < 1.29 is 4.74 Å². The van der Waals surface area contributed by atoms with Crippen molar-refractivity contribution in [1.82, 2.24) is 10.6 Å². The lowest BCUT2D eigenvalue weighted by atomic mass is 9.57. The van der Waals surface area contributed by atoms with E-state index in [1.165, 1.54) is 5.69 Å². The molecular weight excluding hydrogens is 531 g/mol. The van der Waals surface area contributed by atoms with Crippen LogP contribution in [0.25, 0.3) is 0 Å². The molecule has 156 valence electrons. The number of halogens is 2. The normalized spacial score (nSPS) is 31.0. The number of nitrogens with zero attached hydrogens (tertiary/aromatic N) is 2. The van der Waals surface area contributed by atoms with Crippen molar-refractivity contribution in [2.75, 3.05) is 31.1 Å². The first-order valence-electron chi connectivity index (χ1n) is 10.2.